The van der Waals surface area contributed by atoms with Crippen molar-refractivity contribution >= 4 is 11.7 Å². The van der Waals surface area contributed by atoms with Crippen molar-refractivity contribution in [1.82, 2.24) is 15.1 Å². The maximum atomic E-state index is 12.8. The molecule has 0 bridgehead atoms. The number of carbonyl (C=O) groups excluding carboxylic acids is 1. The van der Waals surface area contributed by atoms with Crippen LogP contribution in [-0.2, 0) is 6.54 Å². The molecule has 0 unspecified atom stereocenters. The van der Waals surface area contributed by atoms with Gasteiger partial charge < -0.3 is 10.2 Å². The molecule has 0 radical (unpaired) electrons. The molecule has 23 heavy (non-hydrogen) atoms. The number of unbranched alkanes of at least 4 members (excludes halogenated alkanes) is 1. The summed E-state index contributed by atoms with van der Waals surface area (Å²) in [7, 11) is 1.76. The second kappa shape index (κ2) is 8.22. The number of nitrogens with zero attached hydrogens (tertiary/aromatic N) is 3. The molecule has 0 fully saturated rings. The highest BCUT2D eigenvalue weighted by molar-refractivity contribution is 5.92. The van der Waals surface area contributed by atoms with Crippen molar-refractivity contribution in [1.29, 1.82) is 0 Å². The van der Waals surface area contributed by atoms with Gasteiger partial charge in [-0.15, -0.1) is 10.2 Å². The second-order valence-electron chi connectivity index (χ2n) is 5.36. The Balaban J connectivity index is 1.91. The molecule has 1 amide bonds. The van der Waals surface area contributed by atoms with Gasteiger partial charge in [0.2, 0.25) is 0 Å². The number of hydrogen-bond acceptors (Lipinski definition) is 4. The first-order chi connectivity index (χ1) is 11.1. The first-order valence-electron chi connectivity index (χ1n) is 7.67. The average Bonchev–Trinajstić information content (AvgIpc) is 2.59. The van der Waals surface area contributed by atoms with Crippen LogP contribution >= 0.6 is 0 Å². The van der Waals surface area contributed by atoms with E-state index in [4.69, 9.17) is 0 Å². The van der Waals surface area contributed by atoms with Gasteiger partial charge in [-0.3, -0.25) is 4.79 Å². The molecule has 0 atom stereocenters. The average molecular weight is 316 g/mol. The number of anilines is 1. The molecule has 1 N–H and O–H groups in total. The molecule has 1 aromatic carbocycles. The molecule has 0 aliphatic heterocycles. The van der Waals surface area contributed by atoms with E-state index in [0.29, 0.717) is 24.6 Å². The lowest BCUT2D eigenvalue weighted by molar-refractivity contribution is 0.0786. The molecule has 2 aromatic rings. The van der Waals surface area contributed by atoms with E-state index in [1.54, 1.807) is 36.2 Å². The van der Waals surface area contributed by atoms with Crippen molar-refractivity contribution in [3.8, 4) is 0 Å². The van der Waals surface area contributed by atoms with Crippen molar-refractivity contribution < 1.29 is 9.18 Å². The summed E-state index contributed by atoms with van der Waals surface area (Å²) >= 11 is 0. The fourth-order valence-electron chi connectivity index (χ4n) is 2.03. The number of halogens is 1. The van der Waals surface area contributed by atoms with Gasteiger partial charge in [-0.05, 0) is 36.2 Å². The largest absolute Gasteiger partial charge is 0.365 e. The van der Waals surface area contributed by atoms with Crippen molar-refractivity contribution in [2.24, 2.45) is 0 Å². The van der Waals surface area contributed by atoms with Crippen LogP contribution in [0.3, 0.4) is 0 Å². The summed E-state index contributed by atoms with van der Waals surface area (Å²) in [4.78, 5) is 13.8. The maximum absolute atomic E-state index is 12.8. The molecule has 6 heteroatoms. The zero-order valence-corrected chi connectivity index (χ0v) is 13.4. The SMILES string of the molecule is CCCCN(C)C(=O)c1ccc(NCc2ccc(F)cc2)nn1. The topological polar surface area (TPSA) is 58.1 Å². The van der Waals surface area contributed by atoms with E-state index in [-0.39, 0.29) is 11.7 Å². The zero-order valence-electron chi connectivity index (χ0n) is 13.4. The van der Waals surface area contributed by atoms with Gasteiger partial charge in [-0.2, -0.15) is 0 Å². The van der Waals surface area contributed by atoms with E-state index >= 15 is 0 Å². The minimum atomic E-state index is -0.261. The van der Waals surface area contributed by atoms with E-state index in [0.717, 1.165) is 18.4 Å². The highest BCUT2D eigenvalue weighted by Crippen LogP contribution is 2.08. The molecular weight excluding hydrogens is 295 g/mol. The summed E-state index contributed by atoms with van der Waals surface area (Å²) in [5.74, 6) is 0.182. The number of benzene rings is 1. The number of nitrogens with one attached hydrogen (secondary N) is 1. The first-order valence-corrected chi connectivity index (χ1v) is 7.67. The summed E-state index contributed by atoms with van der Waals surface area (Å²) in [5.41, 5.74) is 1.27. The van der Waals surface area contributed by atoms with E-state index in [9.17, 15) is 9.18 Å². The van der Waals surface area contributed by atoms with Gasteiger partial charge in [-0.25, -0.2) is 4.39 Å². The van der Waals surface area contributed by atoms with Crippen LogP contribution in [0, 0.1) is 5.82 Å². The number of aromatic nitrogens is 2. The summed E-state index contributed by atoms with van der Waals surface area (Å²) in [5, 5.41) is 11.1. The standard InChI is InChI=1S/C17H21FN4O/c1-3-4-11-22(2)17(23)15-9-10-16(21-20-15)19-12-13-5-7-14(18)8-6-13/h5-10H,3-4,11-12H2,1-2H3,(H,19,21). The van der Waals surface area contributed by atoms with Crippen molar-refractivity contribution in [3.63, 3.8) is 0 Å². The van der Waals surface area contributed by atoms with E-state index < -0.39 is 0 Å². The molecule has 1 aromatic heterocycles. The Morgan fingerprint density at radius 3 is 2.52 bits per heavy atom. The molecule has 1 heterocycles. The van der Waals surface area contributed by atoms with Gasteiger partial charge in [0.1, 0.15) is 11.6 Å². The molecule has 5 nitrogen and oxygen atoms in total. The minimum Gasteiger partial charge on any atom is -0.365 e. The van der Waals surface area contributed by atoms with Crippen LogP contribution in [-0.4, -0.2) is 34.6 Å². The lowest BCUT2D eigenvalue weighted by atomic mass is 10.2. The predicted molar refractivity (Wildman–Crippen MR) is 87.6 cm³/mol. The Hall–Kier alpha value is -2.50. The lowest BCUT2D eigenvalue weighted by Crippen LogP contribution is -2.28. The van der Waals surface area contributed by atoms with Crippen LogP contribution in [0.1, 0.15) is 35.8 Å². The van der Waals surface area contributed by atoms with E-state index in [2.05, 4.69) is 22.4 Å². The molecular formula is C17H21FN4O. The van der Waals surface area contributed by atoms with E-state index in [1.165, 1.54) is 12.1 Å². The summed E-state index contributed by atoms with van der Waals surface area (Å²) < 4.78 is 12.8. The smallest absolute Gasteiger partial charge is 0.274 e. The number of rotatable bonds is 7. The van der Waals surface area contributed by atoms with Crippen LogP contribution in [0.25, 0.3) is 0 Å². The fraction of sp³-hybridized carbons (Fsp3) is 0.353. The Bertz CT molecular complexity index is 628. The number of amides is 1. The van der Waals surface area contributed by atoms with Crippen molar-refractivity contribution in [2.45, 2.75) is 26.3 Å². The monoisotopic (exact) mass is 316 g/mol. The first kappa shape index (κ1) is 16.9. The van der Waals surface area contributed by atoms with Gasteiger partial charge in [0.25, 0.3) is 5.91 Å². The third-order valence-electron chi connectivity index (χ3n) is 3.46. The minimum absolute atomic E-state index is 0.129. The molecule has 0 aliphatic rings. The van der Waals surface area contributed by atoms with Crippen LogP contribution in [0.5, 0.6) is 0 Å². The van der Waals surface area contributed by atoms with Crippen LogP contribution in [0.15, 0.2) is 36.4 Å². The normalized spacial score (nSPS) is 10.4. The molecule has 0 saturated heterocycles. The van der Waals surface area contributed by atoms with Gasteiger partial charge in [0, 0.05) is 20.1 Å². The molecule has 0 spiro atoms. The van der Waals surface area contributed by atoms with Gasteiger partial charge in [-0.1, -0.05) is 25.5 Å². The highest BCUT2D eigenvalue weighted by Gasteiger charge is 2.13. The Kier molecular flexibility index (Phi) is 6.02. The fourth-order valence-corrected chi connectivity index (χ4v) is 2.03. The van der Waals surface area contributed by atoms with Crippen LogP contribution in [0.2, 0.25) is 0 Å². The Morgan fingerprint density at radius 1 is 1.17 bits per heavy atom. The highest BCUT2D eigenvalue weighted by atomic mass is 19.1. The molecule has 2 rings (SSSR count). The molecule has 0 aliphatic carbocycles. The zero-order chi connectivity index (χ0) is 16.7. The quantitative estimate of drug-likeness (QED) is 0.853. The Morgan fingerprint density at radius 2 is 1.91 bits per heavy atom. The lowest BCUT2D eigenvalue weighted by Gasteiger charge is -2.15. The van der Waals surface area contributed by atoms with Crippen molar-refractivity contribution in [2.75, 3.05) is 18.9 Å². The van der Waals surface area contributed by atoms with Gasteiger partial charge in [0.05, 0.1) is 0 Å². The maximum Gasteiger partial charge on any atom is 0.274 e. The van der Waals surface area contributed by atoms with Crippen molar-refractivity contribution in [3.05, 3.63) is 53.5 Å². The summed E-state index contributed by atoms with van der Waals surface area (Å²) in [6, 6.07) is 9.61. The molecule has 0 saturated carbocycles. The predicted octanol–water partition coefficient (Wildman–Crippen LogP) is 3.10. The number of hydrogen-bond donors (Lipinski definition) is 1. The van der Waals surface area contributed by atoms with Crippen LogP contribution in [0.4, 0.5) is 10.2 Å². The van der Waals surface area contributed by atoms with Gasteiger partial charge in [0.15, 0.2) is 5.69 Å². The Labute approximate surface area is 135 Å². The summed E-state index contributed by atoms with van der Waals surface area (Å²) in [6.45, 7) is 3.31. The van der Waals surface area contributed by atoms with E-state index in [1.807, 2.05) is 0 Å². The third-order valence-corrected chi connectivity index (χ3v) is 3.46. The summed E-state index contributed by atoms with van der Waals surface area (Å²) in [6.07, 6.45) is 2.00. The second-order valence-corrected chi connectivity index (χ2v) is 5.36. The molecule has 122 valence electrons. The number of carbonyl (C=O) groups is 1. The van der Waals surface area contributed by atoms with Gasteiger partial charge >= 0.3 is 0 Å². The van der Waals surface area contributed by atoms with Crippen LogP contribution < -0.4 is 5.32 Å². The third kappa shape index (κ3) is 5.02.